The van der Waals surface area contributed by atoms with Crippen LogP contribution in [0.3, 0.4) is 0 Å². The molecular formula is C52H40N2. The average molecular weight is 693 g/mol. The Morgan fingerprint density at radius 1 is 0.389 bits per heavy atom. The lowest BCUT2D eigenvalue weighted by molar-refractivity contribution is 0.590. The van der Waals surface area contributed by atoms with Crippen molar-refractivity contribution in [2.45, 2.75) is 26.2 Å². The third-order valence-corrected chi connectivity index (χ3v) is 11.1. The zero-order valence-corrected chi connectivity index (χ0v) is 30.8. The van der Waals surface area contributed by atoms with Crippen LogP contribution in [0.5, 0.6) is 0 Å². The number of aromatic nitrogens is 1. The molecule has 0 fully saturated rings. The first-order valence-electron chi connectivity index (χ1n) is 18.9. The van der Waals surface area contributed by atoms with E-state index in [1.165, 1.54) is 70.8 Å². The maximum Gasteiger partial charge on any atom is 0.0561 e. The number of anilines is 3. The van der Waals surface area contributed by atoms with Crippen molar-refractivity contribution in [1.82, 2.24) is 4.57 Å². The number of rotatable bonds is 5. The summed E-state index contributed by atoms with van der Waals surface area (Å²) in [4.78, 5) is 2.47. The Morgan fingerprint density at radius 2 is 0.907 bits per heavy atom. The number of nitrogens with zero attached hydrogens (tertiary/aromatic N) is 2. The molecule has 0 aliphatic carbocycles. The van der Waals surface area contributed by atoms with Gasteiger partial charge in [0.15, 0.2) is 0 Å². The zero-order valence-electron chi connectivity index (χ0n) is 30.8. The Hall–Kier alpha value is -6.64. The molecule has 54 heavy (non-hydrogen) atoms. The lowest BCUT2D eigenvalue weighted by Crippen LogP contribution is -2.13. The monoisotopic (exact) mass is 692 g/mol. The van der Waals surface area contributed by atoms with E-state index in [4.69, 9.17) is 0 Å². The van der Waals surface area contributed by atoms with Gasteiger partial charge in [0.25, 0.3) is 0 Å². The third kappa shape index (κ3) is 5.17. The summed E-state index contributed by atoms with van der Waals surface area (Å²) in [5, 5.41) is 10.1. The van der Waals surface area contributed by atoms with Gasteiger partial charge >= 0.3 is 0 Å². The summed E-state index contributed by atoms with van der Waals surface area (Å²) in [6.45, 7) is 6.84. The molecule has 0 saturated carbocycles. The first-order chi connectivity index (χ1) is 26.4. The first-order valence-corrected chi connectivity index (χ1v) is 18.9. The largest absolute Gasteiger partial charge is 0.310 e. The minimum Gasteiger partial charge on any atom is -0.310 e. The molecule has 0 bridgehead atoms. The molecule has 1 aromatic heterocycles. The Morgan fingerprint density at radius 3 is 1.57 bits per heavy atom. The molecule has 2 nitrogen and oxygen atoms in total. The topological polar surface area (TPSA) is 8.17 Å². The van der Waals surface area contributed by atoms with E-state index in [0.717, 1.165) is 22.7 Å². The molecule has 10 aromatic rings. The Balaban J connectivity index is 1.25. The van der Waals surface area contributed by atoms with Crippen LogP contribution in [0.15, 0.2) is 188 Å². The number of para-hydroxylation sites is 1. The van der Waals surface area contributed by atoms with Gasteiger partial charge in [-0.1, -0.05) is 160 Å². The van der Waals surface area contributed by atoms with E-state index in [9.17, 15) is 0 Å². The molecule has 0 amide bonds. The van der Waals surface area contributed by atoms with Gasteiger partial charge in [-0.15, -0.1) is 0 Å². The molecule has 1 heterocycles. The van der Waals surface area contributed by atoms with Crippen molar-refractivity contribution in [3.63, 3.8) is 0 Å². The molecule has 9 aromatic carbocycles. The second-order valence-electron chi connectivity index (χ2n) is 15.4. The smallest absolute Gasteiger partial charge is 0.0561 e. The highest BCUT2D eigenvalue weighted by Gasteiger charge is 2.22. The van der Waals surface area contributed by atoms with Crippen LogP contribution in [0.4, 0.5) is 17.1 Å². The van der Waals surface area contributed by atoms with Gasteiger partial charge in [-0.05, 0) is 97.6 Å². The molecule has 0 atom stereocenters. The fourth-order valence-electron chi connectivity index (χ4n) is 8.47. The van der Waals surface area contributed by atoms with E-state index < -0.39 is 0 Å². The summed E-state index contributed by atoms with van der Waals surface area (Å²) in [7, 11) is 0. The molecule has 258 valence electrons. The molecule has 0 unspecified atom stereocenters. The van der Waals surface area contributed by atoms with Crippen molar-refractivity contribution in [3.05, 3.63) is 194 Å². The number of hydrogen-bond acceptors (Lipinski definition) is 1. The van der Waals surface area contributed by atoms with Crippen molar-refractivity contribution in [3.8, 4) is 16.8 Å². The van der Waals surface area contributed by atoms with Gasteiger partial charge in [-0.2, -0.15) is 0 Å². The molecule has 0 aliphatic rings. The van der Waals surface area contributed by atoms with Gasteiger partial charge in [0.1, 0.15) is 0 Å². The van der Waals surface area contributed by atoms with Crippen LogP contribution in [0, 0.1) is 0 Å². The molecule has 0 spiro atoms. The van der Waals surface area contributed by atoms with Crippen molar-refractivity contribution in [2.75, 3.05) is 4.90 Å². The number of benzene rings is 9. The van der Waals surface area contributed by atoms with Crippen LogP contribution >= 0.6 is 0 Å². The van der Waals surface area contributed by atoms with E-state index in [0.29, 0.717) is 0 Å². The van der Waals surface area contributed by atoms with Gasteiger partial charge in [0, 0.05) is 33.2 Å². The van der Waals surface area contributed by atoms with Gasteiger partial charge in [0.05, 0.1) is 16.7 Å². The molecule has 0 radical (unpaired) electrons. The predicted molar refractivity (Wildman–Crippen MR) is 232 cm³/mol. The predicted octanol–water partition coefficient (Wildman–Crippen LogP) is 14.7. The first kappa shape index (κ1) is 32.0. The average Bonchev–Trinajstić information content (AvgIpc) is 3.55. The van der Waals surface area contributed by atoms with Crippen molar-refractivity contribution in [1.29, 1.82) is 0 Å². The zero-order chi connectivity index (χ0) is 36.4. The summed E-state index contributed by atoms with van der Waals surface area (Å²) < 4.78 is 2.43. The van der Waals surface area contributed by atoms with Crippen LogP contribution in [-0.2, 0) is 5.41 Å². The van der Waals surface area contributed by atoms with E-state index in [-0.39, 0.29) is 5.41 Å². The molecule has 0 N–H and O–H groups in total. The van der Waals surface area contributed by atoms with Gasteiger partial charge in [-0.25, -0.2) is 0 Å². The summed E-state index contributed by atoms with van der Waals surface area (Å²) in [6.07, 6.45) is 0. The fourth-order valence-corrected chi connectivity index (χ4v) is 8.47. The lowest BCUT2D eigenvalue weighted by atomic mass is 9.87. The van der Waals surface area contributed by atoms with E-state index >= 15 is 0 Å². The van der Waals surface area contributed by atoms with Crippen LogP contribution in [0.25, 0.3) is 70.9 Å². The van der Waals surface area contributed by atoms with Crippen LogP contribution < -0.4 is 4.90 Å². The Kier molecular flexibility index (Phi) is 7.42. The standard InChI is InChI=1S/C52H40N2/c1-52(2,3)37-26-30-38(31-27-37)53(49-23-13-21-47-43-17-8-7-16-41(43)42-18-9-10-20-46(42)51(47)49)40-32-33-45-44-19-11-12-22-48(44)54(50(45)34-40)39-28-24-36(25-29-39)35-14-5-4-6-15-35/h4-34H,1-3H3. The van der Waals surface area contributed by atoms with Gasteiger partial charge < -0.3 is 9.47 Å². The Bertz CT molecular complexity index is 2950. The third-order valence-electron chi connectivity index (χ3n) is 11.1. The minimum absolute atomic E-state index is 0.0494. The van der Waals surface area contributed by atoms with Gasteiger partial charge in [-0.3, -0.25) is 0 Å². The summed E-state index contributed by atoms with van der Waals surface area (Å²) in [5.41, 5.74) is 10.7. The number of fused-ring (bicyclic) bond motifs is 9. The van der Waals surface area contributed by atoms with Crippen LogP contribution in [0.1, 0.15) is 26.3 Å². The van der Waals surface area contributed by atoms with E-state index in [1.807, 2.05) is 0 Å². The summed E-state index contributed by atoms with van der Waals surface area (Å²) in [6, 6.07) is 69.1. The number of hydrogen-bond donors (Lipinski definition) is 0. The maximum absolute atomic E-state index is 2.47. The van der Waals surface area contributed by atoms with E-state index in [1.54, 1.807) is 0 Å². The summed E-state index contributed by atoms with van der Waals surface area (Å²) in [5.74, 6) is 0. The normalized spacial score (nSPS) is 12.0. The molecule has 0 aliphatic heterocycles. The quantitative estimate of drug-likeness (QED) is 0.163. The highest BCUT2D eigenvalue weighted by atomic mass is 15.1. The second-order valence-corrected chi connectivity index (χ2v) is 15.4. The summed E-state index contributed by atoms with van der Waals surface area (Å²) >= 11 is 0. The highest BCUT2D eigenvalue weighted by molar-refractivity contribution is 6.28. The SMILES string of the molecule is CC(C)(C)c1ccc(N(c2ccc3c4ccccc4n(-c4ccc(-c5ccccc5)cc4)c3c2)c2cccc3c4ccccc4c4ccccc4c23)cc1. The second kappa shape index (κ2) is 12.5. The van der Waals surface area contributed by atoms with Gasteiger partial charge in [0.2, 0.25) is 0 Å². The fraction of sp³-hybridized carbons (Fsp3) is 0.0769. The highest BCUT2D eigenvalue weighted by Crippen LogP contribution is 2.46. The van der Waals surface area contributed by atoms with Crippen LogP contribution in [-0.4, -0.2) is 4.57 Å². The Labute approximate surface area is 316 Å². The molecule has 0 saturated heterocycles. The van der Waals surface area contributed by atoms with E-state index in [2.05, 4.69) is 218 Å². The lowest BCUT2D eigenvalue weighted by Gasteiger charge is -2.29. The molecule has 2 heteroatoms. The van der Waals surface area contributed by atoms with Crippen molar-refractivity contribution in [2.24, 2.45) is 0 Å². The molecular weight excluding hydrogens is 653 g/mol. The van der Waals surface area contributed by atoms with Crippen molar-refractivity contribution < 1.29 is 0 Å². The van der Waals surface area contributed by atoms with Crippen molar-refractivity contribution >= 4 is 71.2 Å². The maximum atomic E-state index is 2.47. The van der Waals surface area contributed by atoms with Crippen LogP contribution in [0.2, 0.25) is 0 Å². The minimum atomic E-state index is 0.0494. The molecule has 10 rings (SSSR count).